The van der Waals surface area contributed by atoms with Crippen molar-refractivity contribution in [2.45, 2.75) is 12.1 Å². The van der Waals surface area contributed by atoms with Crippen molar-refractivity contribution in [3.63, 3.8) is 0 Å². The molecule has 2 aromatic rings. The van der Waals surface area contributed by atoms with E-state index in [-0.39, 0.29) is 0 Å². The molecule has 0 fully saturated rings. The molecule has 2 rings (SSSR count). The number of hydrogen-bond acceptors (Lipinski definition) is 4. The minimum absolute atomic E-state index is 0.508. The van der Waals surface area contributed by atoms with Crippen LogP contribution < -0.4 is 4.74 Å². The van der Waals surface area contributed by atoms with Gasteiger partial charge >= 0.3 is 0 Å². The topological polar surface area (TPSA) is 44.1 Å². The Hall–Kier alpha value is -2.01. The molecule has 1 aromatic carbocycles. The summed E-state index contributed by atoms with van der Waals surface area (Å²) in [6, 6.07) is 7.55. The van der Waals surface area contributed by atoms with Crippen LogP contribution in [0.4, 0.5) is 0 Å². The van der Waals surface area contributed by atoms with Gasteiger partial charge in [-0.3, -0.25) is 9.36 Å². The first-order valence-electron chi connectivity index (χ1n) is 6.22. The van der Waals surface area contributed by atoms with E-state index in [1.54, 1.807) is 10.8 Å². The van der Waals surface area contributed by atoms with Crippen molar-refractivity contribution in [2.24, 2.45) is 0 Å². The Morgan fingerprint density at radius 3 is 2.60 bits per heavy atom. The number of benzene rings is 1. The molecule has 5 heteroatoms. The first-order valence-corrected chi connectivity index (χ1v) is 7.44. The lowest BCUT2D eigenvalue weighted by Gasteiger charge is -2.04. The van der Waals surface area contributed by atoms with Crippen LogP contribution in [0, 0.1) is 0 Å². The normalized spacial score (nSPS) is 10.3. The van der Waals surface area contributed by atoms with Crippen molar-refractivity contribution >= 4 is 24.2 Å². The number of carbonyl (C=O) groups is 1. The molecule has 0 aliphatic rings. The number of hydrogen-bond donors (Lipinski definition) is 0. The molecule has 104 valence electrons. The highest BCUT2D eigenvalue weighted by Gasteiger charge is 2.16. The van der Waals surface area contributed by atoms with Crippen molar-refractivity contribution in [1.29, 1.82) is 0 Å². The molecular weight excluding hydrogens is 272 g/mol. The first kappa shape index (κ1) is 14.4. The second-order valence-electron chi connectivity index (χ2n) is 3.96. The highest BCUT2D eigenvalue weighted by Crippen LogP contribution is 2.28. The van der Waals surface area contributed by atoms with Gasteiger partial charge in [0.2, 0.25) is 0 Å². The van der Waals surface area contributed by atoms with E-state index >= 15 is 0 Å². The first-order chi connectivity index (χ1) is 9.74. The molecule has 0 radical (unpaired) electrons. The van der Waals surface area contributed by atoms with Crippen molar-refractivity contribution in [2.75, 3.05) is 12.9 Å². The third kappa shape index (κ3) is 2.63. The van der Waals surface area contributed by atoms with Crippen LogP contribution in [0.1, 0.15) is 17.4 Å². The van der Waals surface area contributed by atoms with Crippen molar-refractivity contribution in [3.8, 4) is 17.0 Å². The van der Waals surface area contributed by atoms with E-state index in [1.165, 1.54) is 11.8 Å². The van der Waals surface area contributed by atoms with Gasteiger partial charge in [0, 0.05) is 11.8 Å². The van der Waals surface area contributed by atoms with E-state index in [1.807, 2.05) is 37.4 Å². The summed E-state index contributed by atoms with van der Waals surface area (Å²) < 4.78 is 7.11. The summed E-state index contributed by atoms with van der Waals surface area (Å²) >= 11 is 1.47. The molecule has 0 atom stereocenters. The van der Waals surface area contributed by atoms with E-state index in [4.69, 9.17) is 4.74 Å². The molecule has 0 aliphatic carbocycles. The lowest BCUT2D eigenvalue weighted by atomic mass is 10.1. The van der Waals surface area contributed by atoms with E-state index in [2.05, 4.69) is 11.6 Å². The Balaban J connectivity index is 2.48. The quantitative estimate of drug-likeness (QED) is 0.602. The van der Waals surface area contributed by atoms with Crippen molar-refractivity contribution < 1.29 is 9.53 Å². The fraction of sp³-hybridized carbons (Fsp3) is 0.200. The number of ether oxygens (including phenoxy) is 1. The number of imidazole rings is 1. The van der Waals surface area contributed by atoms with Crippen LogP contribution in [-0.2, 0) is 0 Å². The summed E-state index contributed by atoms with van der Waals surface area (Å²) in [6.07, 6.45) is 4.32. The summed E-state index contributed by atoms with van der Waals surface area (Å²) in [6.45, 7) is 6.29. The third-order valence-electron chi connectivity index (χ3n) is 2.83. The Bertz CT molecular complexity index is 618. The summed E-state index contributed by atoms with van der Waals surface area (Å²) in [5.41, 5.74) is 2.05. The van der Waals surface area contributed by atoms with E-state index in [9.17, 15) is 4.79 Å². The van der Waals surface area contributed by atoms with Crippen LogP contribution >= 0.6 is 11.8 Å². The van der Waals surface area contributed by atoms with Crippen LogP contribution in [0.25, 0.3) is 17.5 Å². The maximum absolute atomic E-state index is 11.3. The Morgan fingerprint density at radius 2 is 2.10 bits per heavy atom. The lowest BCUT2D eigenvalue weighted by molar-refractivity contribution is 0.111. The minimum atomic E-state index is 0.508. The summed E-state index contributed by atoms with van der Waals surface area (Å²) in [5, 5.41) is 0.742. The SMILES string of the molecule is C=Cn1c(SC)nc(-c2ccc(OCC)cc2)c1C=O. The fourth-order valence-corrected chi connectivity index (χ4v) is 2.50. The molecule has 1 aromatic heterocycles. The Morgan fingerprint density at radius 1 is 1.40 bits per heavy atom. The summed E-state index contributed by atoms with van der Waals surface area (Å²) in [4.78, 5) is 15.8. The molecule has 0 spiro atoms. The van der Waals surface area contributed by atoms with Crippen LogP contribution in [0.5, 0.6) is 5.75 Å². The summed E-state index contributed by atoms with van der Waals surface area (Å²) in [5.74, 6) is 0.803. The molecule has 0 unspecified atom stereocenters. The van der Waals surface area contributed by atoms with Gasteiger partial charge in [-0.25, -0.2) is 4.98 Å². The number of thioether (sulfide) groups is 1. The molecule has 0 aliphatic heterocycles. The van der Waals surface area contributed by atoms with Gasteiger partial charge in [-0.05, 0) is 37.4 Å². The molecule has 0 saturated carbocycles. The molecular formula is C15H16N2O2S. The van der Waals surface area contributed by atoms with Gasteiger partial charge in [-0.15, -0.1) is 0 Å². The van der Waals surface area contributed by atoms with E-state index in [0.29, 0.717) is 18.0 Å². The summed E-state index contributed by atoms with van der Waals surface area (Å²) in [7, 11) is 0. The second kappa shape index (κ2) is 6.43. The van der Waals surface area contributed by atoms with Gasteiger partial charge in [0.15, 0.2) is 11.4 Å². The predicted octanol–water partition coefficient (Wildman–Crippen LogP) is 3.58. The highest BCUT2D eigenvalue weighted by atomic mass is 32.2. The minimum Gasteiger partial charge on any atom is -0.494 e. The van der Waals surface area contributed by atoms with E-state index < -0.39 is 0 Å². The molecule has 0 amide bonds. The third-order valence-corrected chi connectivity index (χ3v) is 3.48. The van der Waals surface area contributed by atoms with Crippen LogP contribution in [-0.4, -0.2) is 28.7 Å². The van der Waals surface area contributed by atoms with E-state index in [0.717, 1.165) is 22.8 Å². The van der Waals surface area contributed by atoms with Crippen LogP contribution in [0.3, 0.4) is 0 Å². The number of carbonyl (C=O) groups excluding carboxylic acids is 1. The predicted molar refractivity (Wildman–Crippen MR) is 82.4 cm³/mol. The van der Waals surface area contributed by atoms with Gasteiger partial charge in [0.25, 0.3) is 0 Å². The molecule has 1 heterocycles. The van der Waals surface area contributed by atoms with Gasteiger partial charge in [0.1, 0.15) is 17.1 Å². The van der Waals surface area contributed by atoms with Gasteiger partial charge in [-0.2, -0.15) is 0 Å². The zero-order valence-corrected chi connectivity index (χ0v) is 12.3. The number of aldehydes is 1. The van der Waals surface area contributed by atoms with Gasteiger partial charge in [-0.1, -0.05) is 18.3 Å². The second-order valence-corrected chi connectivity index (χ2v) is 4.73. The maximum atomic E-state index is 11.3. The number of nitrogens with zero attached hydrogens (tertiary/aromatic N) is 2. The van der Waals surface area contributed by atoms with Gasteiger partial charge < -0.3 is 4.74 Å². The lowest BCUT2D eigenvalue weighted by Crippen LogP contribution is -1.95. The highest BCUT2D eigenvalue weighted by molar-refractivity contribution is 7.98. The zero-order valence-electron chi connectivity index (χ0n) is 11.5. The van der Waals surface area contributed by atoms with Crippen LogP contribution in [0.2, 0.25) is 0 Å². The van der Waals surface area contributed by atoms with Crippen molar-refractivity contribution in [3.05, 3.63) is 36.5 Å². The number of rotatable bonds is 6. The zero-order chi connectivity index (χ0) is 14.5. The number of aromatic nitrogens is 2. The largest absolute Gasteiger partial charge is 0.494 e. The average Bonchev–Trinajstić information content (AvgIpc) is 2.86. The standard InChI is InChI=1S/C15H16N2O2S/c1-4-17-13(10-18)14(16-15(17)20-3)11-6-8-12(9-7-11)19-5-2/h4,6-10H,1,5H2,2-3H3. The average molecular weight is 288 g/mol. The fourth-order valence-electron chi connectivity index (χ4n) is 1.95. The van der Waals surface area contributed by atoms with Gasteiger partial charge in [0.05, 0.1) is 6.61 Å². The van der Waals surface area contributed by atoms with Crippen molar-refractivity contribution in [1.82, 2.24) is 9.55 Å². The monoisotopic (exact) mass is 288 g/mol. The molecule has 4 nitrogen and oxygen atoms in total. The Kier molecular flexibility index (Phi) is 4.63. The Labute approximate surface area is 122 Å². The smallest absolute Gasteiger partial charge is 0.173 e. The molecule has 0 bridgehead atoms. The molecule has 20 heavy (non-hydrogen) atoms. The molecule has 0 saturated heterocycles. The maximum Gasteiger partial charge on any atom is 0.173 e. The molecule has 0 N–H and O–H groups in total. The van der Waals surface area contributed by atoms with Crippen LogP contribution in [0.15, 0.2) is 36.0 Å².